The third kappa shape index (κ3) is 5.54. The highest BCUT2D eigenvalue weighted by molar-refractivity contribution is 14.1. The standard InChI is InChI=1S/C21H22BrIN2O2Si/c1-28(2,3)11-10-27-21(26)25-14-15(19-12-16(22)4-9-20(19)25)13-24-18-7-5-17(23)6-8-18/h4-9,12-14H,10-11H2,1-3H3. The third-order valence-electron chi connectivity index (χ3n) is 4.25. The van der Waals surface area contributed by atoms with E-state index in [0.29, 0.717) is 6.61 Å². The molecule has 0 unspecified atom stereocenters. The van der Waals surface area contributed by atoms with E-state index in [1.54, 1.807) is 17.0 Å². The number of nitrogens with zero attached hydrogens (tertiary/aromatic N) is 2. The van der Waals surface area contributed by atoms with E-state index in [1.807, 2.05) is 42.5 Å². The van der Waals surface area contributed by atoms with Crippen molar-refractivity contribution in [3.63, 3.8) is 0 Å². The zero-order valence-electron chi connectivity index (χ0n) is 16.1. The Labute approximate surface area is 188 Å². The molecule has 1 heterocycles. The van der Waals surface area contributed by atoms with Crippen LogP contribution in [0.3, 0.4) is 0 Å². The van der Waals surface area contributed by atoms with E-state index in [0.717, 1.165) is 36.2 Å². The number of aliphatic imine (C=N–C) groups is 1. The highest BCUT2D eigenvalue weighted by atomic mass is 127. The lowest BCUT2D eigenvalue weighted by Gasteiger charge is -2.15. The molecule has 0 bridgehead atoms. The second-order valence-electron chi connectivity index (χ2n) is 7.78. The fourth-order valence-electron chi connectivity index (χ4n) is 2.67. The molecule has 146 valence electrons. The maximum absolute atomic E-state index is 12.7. The van der Waals surface area contributed by atoms with Crippen LogP contribution >= 0.6 is 38.5 Å². The number of ether oxygens (including phenoxy) is 1. The van der Waals surface area contributed by atoms with Gasteiger partial charge >= 0.3 is 6.09 Å². The van der Waals surface area contributed by atoms with Gasteiger partial charge in [-0.1, -0.05) is 35.6 Å². The van der Waals surface area contributed by atoms with Gasteiger partial charge in [0.05, 0.1) is 17.8 Å². The fraction of sp³-hybridized carbons (Fsp3) is 0.238. The van der Waals surface area contributed by atoms with Crippen molar-refractivity contribution < 1.29 is 9.53 Å². The Morgan fingerprint density at radius 1 is 1.21 bits per heavy atom. The number of hydrogen-bond donors (Lipinski definition) is 0. The molecule has 1 aromatic heterocycles. The lowest BCUT2D eigenvalue weighted by Crippen LogP contribution is -2.23. The lowest BCUT2D eigenvalue weighted by molar-refractivity contribution is 0.154. The first-order chi connectivity index (χ1) is 13.2. The molecule has 0 atom stereocenters. The average Bonchev–Trinajstić information content (AvgIpc) is 2.98. The maximum Gasteiger partial charge on any atom is 0.418 e. The van der Waals surface area contributed by atoms with Gasteiger partial charge in [0, 0.05) is 39.5 Å². The highest BCUT2D eigenvalue weighted by Gasteiger charge is 2.17. The summed E-state index contributed by atoms with van der Waals surface area (Å²) in [6, 6.07) is 14.8. The number of halogens is 2. The lowest BCUT2D eigenvalue weighted by atomic mass is 10.2. The van der Waals surface area contributed by atoms with Gasteiger partial charge in [-0.15, -0.1) is 0 Å². The molecule has 0 spiro atoms. The number of benzene rings is 2. The van der Waals surface area contributed by atoms with Crippen molar-refractivity contribution in [3.05, 3.63) is 62.3 Å². The van der Waals surface area contributed by atoms with Gasteiger partial charge in [-0.05, 0) is 71.1 Å². The summed E-state index contributed by atoms with van der Waals surface area (Å²) in [6.07, 6.45) is 3.24. The first kappa shape index (κ1) is 21.3. The average molecular weight is 569 g/mol. The van der Waals surface area contributed by atoms with Crippen LogP contribution in [0.25, 0.3) is 10.9 Å². The van der Waals surface area contributed by atoms with Gasteiger partial charge in [-0.2, -0.15) is 0 Å². The summed E-state index contributed by atoms with van der Waals surface area (Å²) in [5.41, 5.74) is 2.55. The van der Waals surface area contributed by atoms with Crippen LogP contribution in [-0.2, 0) is 4.74 Å². The van der Waals surface area contributed by atoms with Gasteiger partial charge in [0.2, 0.25) is 0 Å². The van der Waals surface area contributed by atoms with Crippen LogP contribution in [0.15, 0.2) is 58.1 Å². The van der Waals surface area contributed by atoms with Gasteiger partial charge < -0.3 is 4.74 Å². The molecule has 0 aliphatic heterocycles. The summed E-state index contributed by atoms with van der Waals surface area (Å²) >= 11 is 5.78. The van der Waals surface area contributed by atoms with Gasteiger partial charge in [0.25, 0.3) is 0 Å². The van der Waals surface area contributed by atoms with E-state index >= 15 is 0 Å². The minimum absolute atomic E-state index is 0.348. The zero-order valence-corrected chi connectivity index (χ0v) is 20.8. The molecule has 7 heteroatoms. The predicted molar refractivity (Wildman–Crippen MR) is 131 cm³/mol. The third-order valence-corrected chi connectivity index (χ3v) is 7.17. The Balaban J connectivity index is 1.89. The van der Waals surface area contributed by atoms with Crippen molar-refractivity contribution in [1.82, 2.24) is 4.57 Å². The van der Waals surface area contributed by atoms with Crippen molar-refractivity contribution >= 4 is 75.5 Å². The largest absolute Gasteiger partial charge is 0.449 e. The number of hydrogen-bond acceptors (Lipinski definition) is 3. The van der Waals surface area contributed by atoms with Gasteiger partial charge in [-0.25, -0.2) is 4.79 Å². The molecule has 0 aliphatic rings. The van der Waals surface area contributed by atoms with Gasteiger partial charge in [0.1, 0.15) is 0 Å². The molecular formula is C21H22BrIN2O2Si. The monoisotopic (exact) mass is 568 g/mol. The quantitative estimate of drug-likeness (QED) is 0.187. The molecule has 0 N–H and O–H groups in total. The normalized spacial score (nSPS) is 12.0. The molecule has 4 nitrogen and oxygen atoms in total. The number of fused-ring (bicyclic) bond motifs is 1. The smallest absolute Gasteiger partial charge is 0.418 e. The maximum atomic E-state index is 12.7. The van der Waals surface area contributed by atoms with Crippen LogP contribution in [0.2, 0.25) is 25.7 Å². The van der Waals surface area contributed by atoms with Crippen LogP contribution in [0.4, 0.5) is 10.5 Å². The number of carbonyl (C=O) groups is 1. The Bertz CT molecular complexity index is 1020. The Morgan fingerprint density at radius 3 is 2.61 bits per heavy atom. The van der Waals surface area contributed by atoms with Crippen LogP contribution < -0.4 is 0 Å². The molecule has 0 fully saturated rings. The molecule has 0 aliphatic carbocycles. The molecular weight excluding hydrogens is 547 g/mol. The summed E-state index contributed by atoms with van der Waals surface area (Å²) in [5, 5.41) is 0.950. The Morgan fingerprint density at radius 2 is 1.93 bits per heavy atom. The van der Waals surface area contributed by atoms with Crippen LogP contribution in [0.5, 0.6) is 0 Å². The van der Waals surface area contributed by atoms with E-state index in [4.69, 9.17) is 4.74 Å². The molecule has 28 heavy (non-hydrogen) atoms. The summed E-state index contributed by atoms with van der Waals surface area (Å²) in [7, 11) is -1.25. The van der Waals surface area contributed by atoms with Crippen molar-refractivity contribution in [3.8, 4) is 0 Å². The molecule has 2 aromatic carbocycles. The van der Waals surface area contributed by atoms with Crippen molar-refractivity contribution in [1.29, 1.82) is 0 Å². The van der Waals surface area contributed by atoms with Gasteiger partial charge in [-0.3, -0.25) is 9.56 Å². The van der Waals surface area contributed by atoms with Crippen molar-refractivity contribution in [2.24, 2.45) is 4.99 Å². The predicted octanol–water partition coefficient (Wildman–Crippen LogP) is 7.08. The first-order valence-electron chi connectivity index (χ1n) is 9.00. The summed E-state index contributed by atoms with van der Waals surface area (Å²) in [6.45, 7) is 7.25. The second kappa shape index (κ2) is 8.92. The minimum atomic E-state index is -1.25. The summed E-state index contributed by atoms with van der Waals surface area (Å²) in [5.74, 6) is 0. The van der Waals surface area contributed by atoms with E-state index < -0.39 is 8.07 Å². The Kier molecular flexibility index (Phi) is 6.77. The van der Waals surface area contributed by atoms with Crippen LogP contribution in [0, 0.1) is 3.57 Å². The first-order valence-corrected chi connectivity index (χ1v) is 14.6. The zero-order chi connectivity index (χ0) is 20.3. The highest BCUT2D eigenvalue weighted by Crippen LogP contribution is 2.25. The second-order valence-corrected chi connectivity index (χ2v) is 15.6. The van der Waals surface area contributed by atoms with E-state index in [9.17, 15) is 4.79 Å². The number of carbonyl (C=O) groups excluding carboxylic acids is 1. The molecule has 0 radical (unpaired) electrons. The molecule has 0 saturated carbocycles. The van der Waals surface area contributed by atoms with Crippen molar-refractivity contribution in [2.45, 2.75) is 25.7 Å². The SMILES string of the molecule is C[Si](C)(C)CCOC(=O)n1cc(C=Nc2ccc(I)cc2)c2cc(Br)ccc21. The minimum Gasteiger partial charge on any atom is -0.449 e. The summed E-state index contributed by atoms with van der Waals surface area (Å²) in [4.78, 5) is 17.2. The number of rotatable bonds is 5. The molecule has 0 amide bonds. The van der Waals surface area contributed by atoms with Gasteiger partial charge in [0.15, 0.2) is 0 Å². The Hall–Kier alpha value is -1.45. The number of aromatic nitrogens is 1. The fourth-order valence-corrected chi connectivity index (χ4v) is 4.10. The van der Waals surface area contributed by atoms with Crippen molar-refractivity contribution in [2.75, 3.05) is 6.61 Å². The molecule has 3 aromatic rings. The van der Waals surface area contributed by atoms with E-state index in [1.165, 1.54) is 0 Å². The van der Waals surface area contributed by atoms with E-state index in [2.05, 4.69) is 63.2 Å². The van der Waals surface area contributed by atoms with Crippen LogP contribution in [-0.4, -0.2) is 31.6 Å². The summed E-state index contributed by atoms with van der Waals surface area (Å²) < 4.78 is 9.22. The molecule has 3 rings (SSSR count). The van der Waals surface area contributed by atoms with E-state index in [-0.39, 0.29) is 6.09 Å². The molecule has 0 saturated heterocycles. The van der Waals surface area contributed by atoms with Crippen LogP contribution in [0.1, 0.15) is 5.56 Å². The topological polar surface area (TPSA) is 43.6 Å².